The molecular formula is C25H24F3N7O2. The van der Waals surface area contributed by atoms with Crippen molar-refractivity contribution < 1.29 is 22.8 Å². The number of fused-ring (bicyclic) bond motifs is 1. The van der Waals surface area contributed by atoms with Gasteiger partial charge < -0.3 is 20.5 Å². The number of primary amides is 1. The largest absolute Gasteiger partial charge is 0.371 e. The number of hydrogen-bond acceptors (Lipinski definition) is 5. The van der Waals surface area contributed by atoms with Gasteiger partial charge in [-0.05, 0) is 37.7 Å². The molecule has 0 radical (unpaired) electrons. The molecule has 4 N–H and O–H groups in total. The first-order valence-electron chi connectivity index (χ1n) is 11.5. The molecule has 2 fully saturated rings. The quantitative estimate of drug-likeness (QED) is 0.366. The molecule has 0 unspecified atom stereocenters. The average molecular weight is 512 g/mol. The maximum atomic E-state index is 14.7. The Kier molecular flexibility index (Phi) is 7.33. The number of imidazole rings is 1. The third kappa shape index (κ3) is 5.06. The maximum absolute atomic E-state index is 14.7. The lowest BCUT2D eigenvalue weighted by Gasteiger charge is -2.13. The molecule has 37 heavy (non-hydrogen) atoms. The van der Waals surface area contributed by atoms with Crippen LogP contribution in [0.25, 0.3) is 11.0 Å². The van der Waals surface area contributed by atoms with E-state index in [1.165, 1.54) is 23.4 Å². The lowest BCUT2D eigenvalue weighted by Crippen LogP contribution is -2.23. The SMILES string of the molecule is C=CC(=O)N1CCC/C1=C\F.CNc1n[nH]c(C#Cc2c(F)cc3c(ncn3C3CC3)c2F)c1C(N)=O. The molecule has 1 aliphatic heterocycles. The van der Waals surface area contributed by atoms with Crippen molar-refractivity contribution in [2.24, 2.45) is 5.73 Å². The molecule has 2 aromatic heterocycles. The molecule has 3 aromatic rings. The third-order valence-corrected chi connectivity index (χ3v) is 5.99. The van der Waals surface area contributed by atoms with Crippen molar-refractivity contribution in [3.05, 3.63) is 65.5 Å². The number of aromatic nitrogens is 4. The van der Waals surface area contributed by atoms with Gasteiger partial charge in [0, 0.05) is 31.4 Å². The first-order chi connectivity index (χ1) is 17.8. The fourth-order valence-corrected chi connectivity index (χ4v) is 4.01. The van der Waals surface area contributed by atoms with Crippen molar-refractivity contribution in [3.8, 4) is 11.8 Å². The molecule has 0 atom stereocenters. The normalized spacial score (nSPS) is 15.7. The predicted molar refractivity (Wildman–Crippen MR) is 131 cm³/mol. The van der Waals surface area contributed by atoms with Crippen molar-refractivity contribution in [2.75, 3.05) is 18.9 Å². The summed E-state index contributed by atoms with van der Waals surface area (Å²) in [7, 11) is 1.56. The van der Waals surface area contributed by atoms with Crippen LogP contribution in [0.2, 0.25) is 0 Å². The van der Waals surface area contributed by atoms with Crippen LogP contribution in [0.5, 0.6) is 0 Å². The summed E-state index contributed by atoms with van der Waals surface area (Å²) >= 11 is 0. The molecule has 1 aliphatic carbocycles. The zero-order valence-electron chi connectivity index (χ0n) is 19.9. The molecule has 1 saturated heterocycles. The van der Waals surface area contributed by atoms with Crippen molar-refractivity contribution in [2.45, 2.75) is 31.7 Å². The lowest BCUT2D eigenvalue weighted by molar-refractivity contribution is -0.123. The van der Waals surface area contributed by atoms with E-state index in [1.54, 1.807) is 11.6 Å². The van der Waals surface area contributed by atoms with E-state index in [-0.39, 0.29) is 34.5 Å². The minimum absolute atomic E-state index is 0.0277. The average Bonchev–Trinajstić information content (AvgIpc) is 3.29. The summed E-state index contributed by atoms with van der Waals surface area (Å²) in [5.74, 6) is 2.56. The molecule has 9 nitrogen and oxygen atoms in total. The topological polar surface area (TPSA) is 122 Å². The van der Waals surface area contributed by atoms with Crippen LogP contribution < -0.4 is 11.1 Å². The molecule has 2 aliphatic rings. The third-order valence-electron chi connectivity index (χ3n) is 5.99. The molecule has 0 bridgehead atoms. The molecule has 12 heteroatoms. The van der Waals surface area contributed by atoms with Gasteiger partial charge in [-0.1, -0.05) is 12.5 Å². The highest BCUT2D eigenvalue weighted by molar-refractivity contribution is 5.99. The van der Waals surface area contributed by atoms with E-state index >= 15 is 0 Å². The molecule has 192 valence electrons. The van der Waals surface area contributed by atoms with Gasteiger partial charge in [-0.2, -0.15) is 5.10 Å². The molecule has 0 spiro atoms. The van der Waals surface area contributed by atoms with Gasteiger partial charge in [-0.3, -0.25) is 14.7 Å². The van der Waals surface area contributed by atoms with E-state index in [9.17, 15) is 22.8 Å². The number of halogens is 3. The first kappa shape index (κ1) is 25.6. The van der Waals surface area contributed by atoms with Crippen LogP contribution in [-0.4, -0.2) is 50.1 Å². The number of amides is 2. The molecular weight excluding hydrogens is 487 g/mol. The number of carbonyl (C=O) groups is 2. The van der Waals surface area contributed by atoms with Gasteiger partial charge in [0.25, 0.3) is 5.91 Å². The van der Waals surface area contributed by atoms with Crippen LogP contribution in [0.1, 0.15) is 53.3 Å². The molecule has 1 aromatic carbocycles. The van der Waals surface area contributed by atoms with Gasteiger partial charge >= 0.3 is 0 Å². The first-order valence-corrected chi connectivity index (χ1v) is 11.5. The Balaban J connectivity index is 0.000000245. The number of allylic oxidation sites excluding steroid dienone is 1. The predicted octanol–water partition coefficient (Wildman–Crippen LogP) is 3.52. The van der Waals surface area contributed by atoms with Crippen LogP contribution in [0, 0.1) is 23.5 Å². The Hall–Kier alpha value is -4.53. The number of carbonyl (C=O) groups excluding carboxylic acids is 2. The van der Waals surface area contributed by atoms with Crippen LogP contribution >= 0.6 is 0 Å². The van der Waals surface area contributed by atoms with Crippen LogP contribution in [0.3, 0.4) is 0 Å². The van der Waals surface area contributed by atoms with Gasteiger partial charge in [-0.25, -0.2) is 18.2 Å². The molecule has 2 amide bonds. The second-order valence-electron chi connectivity index (χ2n) is 8.38. The van der Waals surface area contributed by atoms with E-state index in [2.05, 4.69) is 38.9 Å². The number of benzene rings is 1. The zero-order valence-corrected chi connectivity index (χ0v) is 19.9. The molecule has 1 saturated carbocycles. The summed E-state index contributed by atoms with van der Waals surface area (Å²) in [6, 6.07) is 1.48. The zero-order chi connectivity index (χ0) is 26.7. The maximum Gasteiger partial charge on any atom is 0.255 e. The summed E-state index contributed by atoms with van der Waals surface area (Å²) in [5, 5.41) is 9.07. The van der Waals surface area contributed by atoms with E-state index in [0.29, 0.717) is 30.5 Å². The summed E-state index contributed by atoms with van der Waals surface area (Å²) in [5.41, 5.74) is 5.93. The van der Waals surface area contributed by atoms with Gasteiger partial charge in [0.1, 0.15) is 28.9 Å². The Bertz CT molecular complexity index is 1470. The van der Waals surface area contributed by atoms with Crippen LogP contribution in [0.15, 0.2) is 37.1 Å². The number of anilines is 1. The van der Waals surface area contributed by atoms with E-state index in [0.717, 1.165) is 19.3 Å². The van der Waals surface area contributed by atoms with Crippen LogP contribution in [0.4, 0.5) is 19.0 Å². The fraction of sp³-hybridized carbons (Fsp3) is 0.280. The number of aromatic amines is 1. The lowest BCUT2D eigenvalue weighted by atomic mass is 10.1. The smallest absolute Gasteiger partial charge is 0.255 e. The van der Waals surface area contributed by atoms with E-state index in [4.69, 9.17) is 5.73 Å². The minimum Gasteiger partial charge on any atom is -0.371 e. The Morgan fingerprint density at radius 2 is 2.08 bits per heavy atom. The van der Waals surface area contributed by atoms with E-state index < -0.39 is 23.1 Å². The molecule has 5 rings (SSSR count). The van der Waals surface area contributed by atoms with Gasteiger partial charge in [0.05, 0.1) is 17.4 Å². The second-order valence-corrected chi connectivity index (χ2v) is 8.38. The van der Waals surface area contributed by atoms with Crippen molar-refractivity contribution in [3.63, 3.8) is 0 Å². The van der Waals surface area contributed by atoms with Crippen LogP contribution in [-0.2, 0) is 4.79 Å². The number of H-pyrrole nitrogens is 1. The second kappa shape index (κ2) is 10.6. The Morgan fingerprint density at radius 1 is 1.32 bits per heavy atom. The number of nitrogens with two attached hydrogens (primary N) is 1. The number of likely N-dealkylation sites (tertiary alicyclic amines) is 1. The minimum atomic E-state index is -0.833. The summed E-state index contributed by atoms with van der Waals surface area (Å²) in [4.78, 5) is 28.0. The number of nitrogens with one attached hydrogen (secondary N) is 2. The number of rotatable bonds is 4. The van der Waals surface area contributed by atoms with Gasteiger partial charge in [0.15, 0.2) is 11.6 Å². The highest BCUT2D eigenvalue weighted by atomic mass is 19.1. The van der Waals surface area contributed by atoms with Gasteiger partial charge in [0.2, 0.25) is 5.91 Å². The van der Waals surface area contributed by atoms with Crippen molar-refractivity contribution in [1.82, 2.24) is 24.6 Å². The standard InChI is InChI=1S/C17H14F2N6O.C8H10FNO/c1-21-17-13(16(20)26)11(23-24-17)5-4-9-10(18)6-12-15(14(9)19)22-7-25(12)8-2-3-8;1-2-8(11)10-5-3-4-7(10)6-9/h6-8H,2-3H2,1H3,(H2,20,26)(H2,21,23,24);2,6H,1,3-5H2/b;7-6+. The molecule has 3 heterocycles. The Labute approximate surface area is 210 Å². The van der Waals surface area contributed by atoms with Crippen molar-refractivity contribution >= 4 is 28.7 Å². The highest BCUT2D eigenvalue weighted by Gasteiger charge is 2.27. The Morgan fingerprint density at radius 3 is 2.70 bits per heavy atom. The van der Waals surface area contributed by atoms with Crippen molar-refractivity contribution in [1.29, 1.82) is 0 Å². The monoisotopic (exact) mass is 511 g/mol. The fourth-order valence-electron chi connectivity index (χ4n) is 4.01. The van der Waals surface area contributed by atoms with Gasteiger partial charge in [-0.15, -0.1) is 0 Å². The summed E-state index contributed by atoms with van der Waals surface area (Å²) < 4.78 is 43.0. The summed E-state index contributed by atoms with van der Waals surface area (Å²) in [6.45, 7) is 3.94. The highest BCUT2D eigenvalue weighted by Crippen LogP contribution is 2.38. The van der Waals surface area contributed by atoms with E-state index in [1.807, 2.05) is 0 Å². The number of hydrogen-bond donors (Lipinski definition) is 3. The summed E-state index contributed by atoms with van der Waals surface area (Å²) in [6.07, 6.45) is 6.65. The number of nitrogens with zero attached hydrogens (tertiary/aromatic N) is 4.